The van der Waals surface area contributed by atoms with Gasteiger partial charge in [-0.25, -0.2) is 4.98 Å². The minimum Gasteiger partial charge on any atom is -0.321 e. The summed E-state index contributed by atoms with van der Waals surface area (Å²) in [4.78, 5) is 6.69. The highest BCUT2D eigenvalue weighted by Crippen LogP contribution is 2.16. The lowest BCUT2D eigenvalue weighted by molar-refractivity contribution is 0.173. The molecule has 0 amide bonds. The first kappa shape index (κ1) is 12.9. The van der Waals surface area contributed by atoms with Gasteiger partial charge in [0.05, 0.1) is 12.7 Å². The molecule has 2 heterocycles. The van der Waals surface area contributed by atoms with E-state index in [0.29, 0.717) is 17.1 Å². The van der Waals surface area contributed by atoms with Crippen molar-refractivity contribution in [2.24, 2.45) is 13.0 Å². The van der Waals surface area contributed by atoms with E-state index in [1.165, 1.54) is 19.5 Å². The maximum Gasteiger partial charge on any atom is 0.128 e. The molecule has 0 aliphatic carbocycles. The summed E-state index contributed by atoms with van der Waals surface area (Å²) >= 11 is 5.96. The SMILES string of the molecule is CC1CN(C)CCC1NCc1ncc(Cl)n1C. The number of halogens is 1. The zero-order valence-corrected chi connectivity index (χ0v) is 11.5. The van der Waals surface area contributed by atoms with Gasteiger partial charge in [-0.2, -0.15) is 0 Å². The van der Waals surface area contributed by atoms with Crippen LogP contribution in [-0.4, -0.2) is 40.6 Å². The average Bonchev–Trinajstić information content (AvgIpc) is 2.59. The van der Waals surface area contributed by atoms with Gasteiger partial charge in [0.25, 0.3) is 0 Å². The maximum atomic E-state index is 5.96. The lowest BCUT2D eigenvalue weighted by Crippen LogP contribution is -2.46. The van der Waals surface area contributed by atoms with Crippen LogP contribution in [0.25, 0.3) is 0 Å². The van der Waals surface area contributed by atoms with Crippen LogP contribution in [0.15, 0.2) is 6.20 Å². The Morgan fingerprint density at radius 2 is 2.29 bits per heavy atom. The summed E-state index contributed by atoms with van der Waals surface area (Å²) in [7, 11) is 4.13. The minimum atomic E-state index is 0.585. The van der Waals surface area contributed by atoms with Crippen LogP contribution in [-0.2, 0) is 13.6 Å². The summed E-state index contributed by atoms with van der Waals surface area (Å²) in [6.07, 6.45) is 2.91. The van der Waals surface area contributed by atoms with Crippen molar-refractivity contribution in [2.75, 3.05) is 20.1 Å². The molecule has 1 fully saturated rings. The molecule has 2 rings (SSSR count). The predicted octanol–water partition coefficient (Wildman–Crippen LogP) is 1.50. The second-order valence-corrected chi connectivity index (χ2v) is 5.46. The quantitative estimate of drug-likeness (QED) is 0.890. The number of piperidine rings is 1. The van der Waals surface area contributed by atoms with Gasteiger partial charge >= 0.3 is 0 Å². The highest BCUT2D eigenvalue weighted by atomic mass is 35.5. The molecule has 17 heavy (non-hydrogen) atoms. The maximum absolute atomic E-state index is 5.96. The van der Waals surface area contributed by atoms with Crippen molar-refractivity contribution in [3.8, 4) is 0 Å². The van der Waals surface area contributed by atoms with Gasteiger partial charge in [0.15, 0.2) is 0 Å². The Labute approximate surface area is 108 Å². The Morgan fingerprint density at radius 1 is 1.53 bits per heavy atom. The molecule has 1 aliphatic heterocycles. The molecule has 2 atom stereocenters. The Balaban J connectivity index is 1.88. The molecule has 0 radical (unpaired) electrons. The largest absolute Gasteiger partial charge is 0.321 e. The van der Waals surface area contributed by atoms with Crippen LogP contribution in [0.2, 0.25) is 5.15 Å². The van der Waals surface area contributed by atoms with E-state index < -0.39 is 0 Å². The summed E-state index contributed by atoms with van der Waals surface area (Å²) in [6, 6.07) is 0.585. The Kier molecular flexibility index (Phi) is 4.07. The van der Waals surface area contributed by atoms with Gasteiger partial charge in [-0.1, -0.05) is 18.5 Å². The lowest BCUT2D eigenvalue weighted by atomic mass is 9.94. The molecule has 1 saturated heterocycles. The zero-order valence-electron chi connectivity index (χ0n) is 10.8. The molecule has 5 heteroatoms. The third-order valence-electron chi connectivity index (χ3n) is 3.66. The van der Waals surface area contributed by atoms with Crippen molar-refractivity contribution in [1.29, 1.82) is 0 Å². The molecule has 96 valence electrons. The van der Waals surface area contributed by atoms with Gasteiger partial charge in [0.1, 0.15) is 11.0 Å². The fourth-order valence-corrected chi connectivity index (χ4v) is 2.61. The fraction of sp³-hybridized carbons (Fsp3) is 0.750. The van der Waals surface area contributed by atoms with Gasteiger partial charge < -0.3 is 14.8 Å². The summed E-state index contributed by atoms with van der Waals surface area (Å²) in [5.41, 5.74) is 0. The van der Waals surface area contributed by atoms with Crippen LogP contribution < -0.4 is 5.32 Å². The third-order valence-corrected chi connectivity index (χ3v) is 4.01. The van der Waals surface area contributed by atoms with Gasteiger partial charge in [-0.05, 0) is 25.9 Å². The highest BCUT2D eigenvalue weighted by molar-refractivity contribution is 6.29. The van der Waals surface area contributed by atoms with Gasteiger partial charge in [0.2, 0.25) is 0 Å². The number of aromatic nitrogens is 2. The number of nitrogens with one attached hydrogen (secondary N) is 1. The van der Waals surface area contributed by atoms with Crippen molar-refractivity contribution in [1.82, 2.24) is 19.8 Å². The van der Waals surface area contributed by atoms with E-state index in [2.05, 4.69) is 29.2 Å². The van der Waals surface area contributed by atoms with Crippen LogP contribution >= 0.6 is 11.6 Å². The topological polar surface area (TPSA) is 33.1 Å². The molecule has 1 aliphatic rings. The first-order valence-electron chi connectivity index (χ1n) is 6.16. The lowest BCUT2D eigenvalue weighted by Gasteiger charge is -2.35. The molecule has 0 aromatic carbocycles. The van der Waals surface area contributed by atoms with Gasteiger partial charge in [-0.3, -0.25) is 0 Å². The standard InChI is InChI=1S/C12H21ClN4/c1-9-8-16(2)5-4-10(9)14-7-12-15-6-11(13)17(12)3/h6,9-10,14H,4-5,7-8H2,1-3H3. The van der Waals surface area contributed by atoms with E-state index in [1.54, 1.807) is 6.20 Å². The van der Waals surface area contributed by atoms with Crippen molar-refractivity contribution in [3.63, 3.8) is 0 Å². The minimum absolute atomic E-state index is 0.585. The van der Waals surface area contributed by atoms with Crippen LogP contribution in [0, 0.1) is 5.92 Å². The van der Waals surface area contributed by atoms with E-state index in [4.69, 9.17) is 11.6 Å². The van der Waals surface area contributed by atoms with Gasteiger partial charge in [-0.15, -0.1) is 0 Å². The van der Waals surface area contributed by atoms with E-state index in [-0.39, 0.29) is 0 Å². The summed E-state index contributed by atoms with van der Waals surface area (Å²) in [5.74, 6) is 1.69. The molecular formula is C12H21ClN4. The molecule has 1 N–H and O–H groups in total. The number of hydrogen-bond donors (Lipinski definition) is 1. The first-order chi connectivity index (χ1) is 8.08. The number of nitrogens with zero attached hydrogens (tertiary/aromatic N) is 3. The molecule has 2 unspecified atom stereocenters. The molecule has 1 aromatic rings. The predicted molar refractivity (Wildman–Crippen MR) is 70.1 cm³/mol. The average molecular weight is 257 g/mol. The van der Waals surface area contributed by atoms with E-state index in [1.807, 2.05) is 11.6 Å². The molecular weight excluding hydrogens is 236 g/mol. The van der Waals surface area contributed by atoms with Crippen molar-refractivity contribution in [3.05, 3.63) is 17.2 Å². The van der Waals surface area contributed by atoms with E-state index >= 15 is 0 Å². The summed E-state index contributed by atoms with van der Waals surface area (Å²) < 4.78 is 1.92. The summed E-state index contributed by atoms with van der Waals surface area (Å²) in [6.45, 7) is 5.43. The van der Waals surface area contributed by atoms with Crippen molar-refractivity contribution < 1.29 is 0 Å². The molecule has 0 bridgehead atoms. The molecule has 1 aromatic heterocycles. The molecule has 0 spiro atoms. The Hall–Kier alpha value is -0.580. The Bertz CT molecular complexity index is 377. The van der Waals surface area contributed by atoms with E-state index in [0.717, 1.165) is 12.4 Å². The zero-order chi connectivity index (χ0) is 12.4. The fourth-order valence-electron chi connectivity index (χ4n) is 2.47. The Morgan fingerprint density at radius 3 is 2.88 bits per heavy atom. The number of imidazole rings is 1. The second-order valence-electron chi connectivity index (χ2n) is 5.07. The normalized spacial score (nSPS) is 26.4. The van der Waals surface area contributed by atoms with E-state index in [9.17, 15) is 0 Å². The number of rotatable bonds is 3. The summed E-state index contributed by atoms with van der Waals surface area (Å²) in [5, 5.41) is 4.29. The number of hydrogen-bond acceptors (Lipinski definition) is 3. The smallest absolute Gasteiger partial charge is 0.128 e. The van der Waals surface area contributed by atoms with Crippen LogP contribution in [0.3, 0.4) is 0 Å². The van der Waals surface area contributed by atoms with Crippen LogP contribution in [0.1, 0.15) is 19.2 Å². The third kappa shape index (κ3) is 3.00. The number of likely N-dealkylation sites (tertiary alicyclic amines) is 1. The first-order valence-corrected chi connectivity index (χ1v) is 6.53. The molecule has 4 nitrogen and oxygen atoms in total. The highest BCUT2D eigenvalue weighted by Gasteiger charge is 2.23. The van der Waals surface area contributed by atoms with Crippen LogP contribution in [0.5, 0.6) is 0 Å². The molecule has 0 saturated carbocycles. The van der Waals surface area contributed by atoms with Gasteiger partial charge in [0, 0.05) is 19.6 Å². The van der Waals surface area contributed by atoms with Crippen molar-refractivity contribution >= 4 is 11.6 Å². The van der Waals surface area contributed by atoms with Crippen molar-refractivity contribution in [2.45, 2.75) is 25.9 Å². The second kappa shape index (κ2) is 5.38. The monoisotopic (exact) mass is 256 g/mol. The van der Waals surface area contributed by atoms with Crippen LogP contribution in [0.4, 0.5) is 0 Å².